The van der Waals surface area contributed by atoms with E-state index in [-0.39, 0.29) is 0 Å². The second kappa shape index (κ2) is 6.70. The molecule has 0 unspecified atom stereocenters. The highest BCUT2D eigenvalue weighted by Gasteiger charge is 2.26. The number of hydrogen-bond acceptors (Lipinski definition) is 3. The van der Waals surface area contributed by atoms with Crippen LogP contribution in [-0.4, -0.2) is 42.0 Å². The smallest absolute Gasteiger partial charge is 0.0238 e. The molecule has 1 aliphatic heterocycles. The zero-order valence-electron chi connectivity index (χ0n) is 12.4. The number of rotatable bonds is 4. The Kier molecular flexibility index (Phi) is 4.71. The summed E-state index contributed by atoms with van der Waals surface area (Å²) in [4.78, 5) is 5.30. The van der Waals surface area contributed by atoms with Crippen LogP contribution in [0.15, 0.2) is 24.3 Å². The van der Waals surface area contributed by atoms with Crippen LogP contribution in [0.4, 0.5) is 0 Å². The predicted octanol–water partition coefficient (Wildman–Crippen LogP) is 2.21. The maximum Gasteiger partial charge on any atom is 0.0238 e. The Labute approximate surface area is 122 Å². The first-order valence-electron chi connectivity index (χ1n) is 8.10. The number of nitrogens with zero attached hydrogens (tertiary/aromatic N) is 2. The lowest BCUT2D eigenvalue weighted by atomic mass is 10.1. The van der Waals surface area contributed by atoms with Crippen LogP contribution in [0.25, 0.3) is 0 Å². The minimum absolute atomic E-state index is 0.651. The fraction of sp³-hybridized carbons (Fsp3) is 0.647. The number of benzene rings is 1. The van der Waals surface area contributed by atoms with Crippen molar-refractivity contribution in [3.05, 3.63) is 35.4 Å². The number of nitrogens with two attached hydrogens (primary N) is 1. The van der Waals surface area contributed by atoms with Gasteiger partial charge in [0.05, 0.1) is 0 Å². The lowest BCUT2D eigenvalue weighted by molar-refractivity contribution is 0.0935. The SMILES string of the molecule is NCc1ccccc1CN1CCN(C2CCCC2)CC1. The van der Waals surface area contributed by atoms with Crippen LogP contribution in [0.2, 0.25) is 0 Å². The molecule has 20 heavy (non-hydrogen) atoms. The molecule has 1 heterocycles. The van der Waals surface area contributed by atoms with E-state index in [0.717, 1.165) is 12.6 Å². The van der Waals surface area contributed by atoms with Crippen LogP contribution in [0.1, 0.15) is 36.8 Å². The van der Waals surface area contributed by atoms with Crippen LogP contribution in [0.3, 0.4) is 0 Å². The summed E-state index contributed by atoms with van der Waals surface area (Å²) < 4.78 is 0. The average Bonchev–Trinajstić information content (AvgIpc) is 3.03. The van der Waals surface area contributed by atoms with Crippen molar-refractivity contribution in [1.82, 2.24) is 9.80 Å². The largest absolute Gasteiger partial charge is 0.326 e. The highest BCUT2D eigenvalue weighted by molar-refractivity contribution is 5.26. The topological polar surface area (TPSA) is 32.5 Å². The van der Waals surface area contributed by atoms with Gasteiger partial charge in [-0.2, -0.15) is 0 Å². The first kappa shape index (κ1) is 14.1. The highest BCUT2D eigenvalue weighted by Crippen LogP contribution is 2.24. The first-order chi connectivity index (χ1) is 9.86. The Morgan fingerprint density at radius 1 is 0.950 bits per heavy atom. The molecular formula is C17H27N3. The molecule has 3 rings (SSSR count). The monoisotopic (exact) mass is 273 g/mol. The Hall–Kier alpha value is -0.900. The molecule has 1 saturated carbocycles. The molecule has 0 atom stereocenters. The molecule has 0 spiro atoms. The Morgan fingerprint density at radius 2 is 1.60 bits per heavy atom. The van der Waals surface area contributed by atoms with Crippen molar-refractivity contribution in [2.75, 3.05) is 26.2 Å². The minimum Gasteiger partial charge on any atom is -0.326 e. The molecule has 0 amide bonds. The quantitative estimate of drug-likeness (QED) is 0.913. The molecule has 0 bridgehead atoms. The molecule has 1 saturated heterocycles. The average molecular weight is 273 g/mol. The maximum atomic E-state index is 5.83. The van der Waals surface area contributed by atoms with Gasteiger partial charge in [-0.25, -0.2) is 0 Å². The summed E-state index contributed by atoms with van der Waals surface area (Å²) in [6, 6.07) is 9.48. The third-order valence-electron chi connectivity index (χ3n) is 4.98. The van der Waals surface area contributed by atoms with Crippen molar-refractivity contribution in [1.29, 1.82) is 0 Å². The number of hydrogen-bond donors (Lipinski definition) is 1. The summed E-state index contributed by atoms with van der Waals surface area (Å²) in [5, 5.41) is 0. The lowest BCUT2D eigenvalue weighted by Crippen LogP contribution is -2.49. The fourth-order valence-electron chi connectivity index (χ4n) is 3.71. The molecule has 3 heteroatoms. The standard InChI is InChI=1S/C17H27N3/c18-13-15-5-1-2-6-16(15)14-19-9-11-20(12-10-19)17-7-3-4-8-17/h1-2,5-6,17H,3-4,7-14,18H2. The predicted molar refractivity (Wildman–Crippen MR) is 83.4 cm³/mol. The van der Waals surface area contributed by atoms with E-state index >= 15 is 0 Å². The summed E-state index contributed by atoms with van der Waals surface area (Å²) in [6.45, 7) is 6.61. The van der Waals surface area contributed by atoms with E-state index in [1.165, 1.54) is 63.0 Å². The van der Waals surface area contributed by atoms with E-state index in [9.17, 15) is 0 Å². The maximum absolute atomic E-state index is 5.83. The molecule has 2 fully saturated rings. The Balaban J connectivity index is 1.53. The second-order valence-electron chi connectivity index (χ2n) is 6.22. The molecular weight excluding hydrogens is 246 g/mol. The van der Waals surface area contributed by atoms with E-state index < -0.39 is 0 Å². The van der Waals surface area contributed by atoms with E-state index in [0.29, 0.717) is 6.54 Å². The van der Waals surface area contributed by atoms with Crippen molar-refractivity contribution >= 4 is 0 Å². The summed E-state index contributed by atoms with van der Waals surface area (Å²) in [5.74, 6) is 0. The molecule has 3 nitrogen and oxygen atoms in total. The van der Waals surface area contributed by atoms with Crippen molar-refractivity contribution in [2.45, 2.75) is 44.8 Å². The molecule has 0 radical (unpaired) electrons. The van der Waals surface area contributed by atoms with E-state index in [1.807, 2.05) is 0 Å². The van der Waals surface area contributed by atoms with E-state index in [1.54, 1.807) is 0 Å². The van der Waals surface area contributed by atoms with Crippen LogP contribution in [-0.2, 0) is 13.1 Å². The summed E-state index contributed by atoms with van der Waals surface area (Å²) in [6.07, 6.45) is 5.73. The van der Waals surface area contributed by atoms with E-state index in [2.05, 4.69) is 34.1 Å². The van der Waals surface area contributed by atoms with Crippen LogP contribution >= 0.6 is 0 Å². The van der Waals surface area contributed by atoms with Crippen LogP contribution in [0.5, 0.6) is 0 Å². The van der Waals surface area contributed by atoms with Crippen molar-refractivity contribution in [3.8, 4) is 0 Å². The zero-order chi connectivity index (χ0) is 13.8. The van der Waals surface area contributed by atoms with Gasteiger partial charge < -0.3 is 5.73 Å². The zero-order valence-corrected chi connectivity index (χ0v) is 12.4. The second-order valence-corrected chi connectivity index (χ2v) is 6.22. The summed E-state index contributed by atoms with van der Waals surface area (Å²) in [5.41, 5.74) is 8.54. The van der Waals surface area contributed by atoms with E-state index in [4.69, 9.17) is 5.73 Å². The summed E-state index contributed by atoms with van der Waals surface area (Å²) >= 11 is 0. The van der Waals surface area contributed by atoms with Crippen LogP contribution < -0.4 is 5.73 Å². The number of piperazine rings is 1. The van der Waals surface area contributed by atoms with Crippen molar-refractivity contribution in [3.63, 3.8) is 0 Å². The van der Waals surface area contributed by atoms with Gasteiger partial charge in [0.25, 0.3) is 0 Å². The van der Waals surface area contributed by atoms with Gasteiger partial charge >= 0.3 is 0 Å². The van der Waals surface area contributed by atoms with Crippen molar-refractivity contribution < 1.29 is 0 Å². The molecule has 1 aliphatic carbocycles. The highest BCUT2D eigenvalue weighted by atomic mass is 15.3. The van der Waals surface area contributed by atoms with Gasteiger partial charge in [0.15, 0.2) is 0 Å². The lowest BCUT2D eigenvalue weighted by Gasteiger charge is -2.38. The third kappa shape index (κ3) is 3.22. The van der Waals surface area contributed by atoms with Crippen molar-refractivity contribution in [2.24, 2.45) is 5.73 Å². The van der Waals surface area contributed by atoms with Gasteiger partial charge in [0, 0.05) is 45.3 Å². The van der Waals surface area contributed by atoms with Gasteiger partial charge in [-0.3, -0.25) is 9.80 Å². The molecule has 1 aromatic rings. The molecule has 2 aliphatic rings. The minimum atomic E-state index is 0.651. The molecule has 0 aromatic heterocycles. The fourth-order valence-corrected chi connectivity index (χ4v) is 3.71. The Bertz CT molecular complexity index is 418. The van der Waals surface area contributed by atoms with Gasteiger partial charge in [-0.15, -0.1) is 0 Å². The first-order valence-corrected chi connectivity index (χ1v) is 8.10. The third-order valence-corrected chi connectivity index (χ3v) is 4.98. The molecule has 2 N–H and O–H groups in total. The van der Waals surface area contributed by atoms with Gasteiger partial charge in [0.1, 0.15) is 0 Å². The normalized spacial score (nSPS) is 22.4. The van der Waals surface area contributed by atoms with Gasteiger partial charge in [-0.1, -0.05) is 37.1 Å². The Morgan fingerprint density at radius 3 is 2.25 bits per heavy atom. The van der Waals surface area contributed by atoms with Gasteiger partial charge in [0.2, 0.25) is 0 Å². The van der Waals surface area contributed by atoms with Gasteiger partial charge in [-0.05, 0) is 24.0 Å². The van der Waals surface area contributed by atoms with Crippen LogP contribution in [0, 0.1) is 0 Å². The summed E-state index contributed by atoms with van der Waals surface area (Å²) in [7, 11) is 0. The molecule has 110 valence electrons. The molecule has 1 aromatic carbocycles.